The van der Waals surface area contributed by atoms with E-state index in [0.717, 1.165) is 40.0 Å². The van der Waals surface area contributed by atoms with Gasteiger partial charge in [-0.05, 0) is 48.4 Å². The van der Waals surface area contributed by atoms with Crippen LogP contribution in [0.25, 0.3) is 0 Å². The van der Waals surface area contributed by atoms with Gasteiger partial charge in [-0.2, -0.15) is 0 Å². The first kappa shape index (κ1) is 19.2. The molecule has 1 fully saturated rings. The summed E-state index contributed by atoms with van der Waals surface area (Å²) in [5.41, 5.74) is 3.03. The maximum absolute atomic E-state index is 13.3. The Labute approximate surface area is 170 Å². The number of rotatable bonds is 4. The molecule has 1 spiro atoms. The number of fused-ring (bicyclic) bond motifs is 2. The van der Waals surface area contributed by atoms with Crippen LogP contribution in [-0.4, -0.2) is 41.2 Å². The Hall–Kier alpha value is -3.15. The lowest BCUT2D eigenvalue weighted by Gasteiger charge is -2.33. The van der Waals surface area contributed by atoms with Crippen molar-refractivity contribution in [1.29, 1.82) is 0 Å². The molecule has 0 radical (unpaired) electrons. The lowest BCUT2D eigenvalue weighted by atomic mass is 9.76. The summed E-state index contributed by atoms with van der Waals surface area (Å²) in [5.74, 6) is -0.592. The fourth-order valence-corrected chi connectivity index (χ4v) is 4.34. The second kappa shape index (κ2) is 7.35. The number of amides is 4. The minimum absolute atomic E-state index is 0.253. The zero-order valence-electron chi connectivity index (χ0n) is 16.8. The molecule has 0 bridgehead atoms. The lowest BCUT2D eigenvalue weighted by Crippen LogP contribution is -2.47. The van der Waals surface area contributed by atoms with E-state index < -0.39 is 11.6 Å². The maximum atomic E-state index is 13.3. The van der Waals surface area contributed by atoms with Crippen LogP contribution in [-0.2, 0) is 28.1 Å². The minimum Gasteiger partial charge on any atom is -0.340 e. The average molecular weight is 391 g/mol. The highest BCUT2D eigenvalue weighted by Crippen LogP contribution is 2.39. The first-order valence-corrected chi connectivity index (χ1v) is 9.93. The third kappa shape index (κ3) is 3.28. The van der Waals surface area contributed by atoms with Crippen LogP contribution in [0.15, 0.2) is 48.5 Å². The van der Waals surface area contributed by atoms with Crippen LogP contribution in [0.5, 0.6) is 0 Å². The predicted molar refractivity (Wildman–Crippen MR) is 109 cm³/mol. The van der Waals surface area contributed by atoms with Crippen LogP contribution < -0.4 is 5.32 Å². The van der Waals surface area contributed by atoms with E-state index in [-0.39, 0.29) is 18.4 Å². The van der Waals surface area contributed by atoms with Crippen molar-refractivity contribution >= 4 is 17.8 Å². The van der Waals surface area contributed by atoms with Gasteiger partial charge in [0.15, 0.2) is 0 Å². The predicted octanol–water partition coefficient (Wildman–Crippen LogP) is 2.74. The number of urea groups is 1. The Balaban J connectivity index is 1.52. The zero-order chi connectivity index (χ0) is 20.6. The summed E-state index contributed by atoms with van der Waals surface area (Å²) in [6.45, 7) is 2.18. The standard InChI is InChI=1S/C23H25N3O3/c1-16-8-3-4-10-18(16)14-25(2)20(27)15-26-21(28)23(24-22(26)29)13-7-11-17-9-5-6-12-19(17)23/h3-6,8-10,12H,7,11,13-15H2,1-2H3,(H,24,29)/t23-/m0/s1. The van der Waals surface area contributed by atoms with E-state index in [9.17, 15) is 14.4 Å². The van der Waals surface area contributed by atoms with Crippen molar-refractivity contribution in [2.75, 3.05) is 13.6 Å². The summed E-state index contributed by atoms with van der Waals surface area (Å²) in [4.78, 5) is 41.4. The van der Waals surface area contributed by atoms with Crippen LogP contribution in [0.3, 0.4) is 0 Å². The van der Waals surface area contributed by atoms with Gasteiger partial charge in [-0.15, -0.1) is 0 Å². The molecule has 4 rings (SSSR count). The van der Waals surface area contributed by atoms with E-state index >= 15 is 0 Å². The summed E-state index contributed by atoms with van der Waals surface area (Å²) in [6, 6.07) is 15.1. The summed E-state index contributed by atoms with van der Waals surface area (Å²) >= 11 is 0. The van der Waals surface area contributed by atoms with Crippen molar-refractivity contribution in [2.24, 2.45) is 0 Å². The number of nitrogens with one attached hydrogen (secondary N) is 1. The summed E-state index contributed by atoms with van der Waals surface area (Å²) in [5, 5.41) is 2.90. The van der Waals surface area contributed by atoms with E-state index in [1.54, 1.807) is 11.9 Å². The molecule has 1 aliphatic heterocycles. The molecule has 6 heteroatoms. The first-order chi connectivity index (χ1) is 13.9. The molecular formula is C23H25N3O3. The van der Waals surface area contributed by atoms with Gasteiger partial charge < -0.3 is 10.2 Å². The molecule has 150 valence electrons. The first-order valence-electron chi connectivity index (χ1n) is 9.93. The SMILES string of the molecule is Cc1ccccc1CN(C)C(=O)CN1C(=O)N[C@]2(CCCc3ccccc32)C1=O. The number of benzene rings is 2. The molecule has 1 heterocycles. The number of likely N-dealkylation sites (N-methyl/N-ethyl adjacent to an activating group) is 1. The lowest BCUT2D eigenvalue weighted by molar-refractivity contribution is -0.139. The highest BCUT2D eigenvalue weighted by molar-refractivity contribution is 6.09. The molecule has 4 amide bonds. The number of aryl methyl sites for hydroxylation is 2. The van der Waals surface area contributed by atoms with Crippen molar-refractivity contribution in [1.82, 2.24) is 15.1 Å². The molecule has 0 saturated carbocycles. The molecular weight excluding hydrogens is 366 g/mol. The zero-order valence-corrected chi connectivity index (χ0v) is 16.8. The second-order valence-electron chi connectivity index (χ2n) is 7.91. The third-order valence-electron chi connectivity index (χ3n) is 6.04. The molecule has 2 aromatic carbocycles. The molecule has 1 atom stereocenters. The molecule has 2 aliphatic rings. The quantitative estimate of drug-likeness (QED) is 0.815. The molecule has 2 aromatic rings. The number of hydrogen-bond donors (Lipinski definition) is 1. The van der Waals surface area contributed by atoms with Gasteiger partial charge in [0.2, 0.25) is 5.91 Å². The highest BCUT2D eigenvalue weighted by Gasteiger charge is 2.54. The molecule has 1 saturated heterocycles. The Morgan fingerprint density at radius 3 is 2.66 bits per heavy atom. The normalized spacial score (nSPS) is 20.6. The van der Waals surface area contributed by atoms with Crippen molar-refractivity contribution in [3.8, 4) is 0 Å². The number of carbonyl (C=O) groups excluding carboxylic acids is 3. The Morgan fingerprint density at radius 1 is 1.14 bits per heavy atom. The summed E-state index contributed by atoms with van der Waals surface area (Å²) < 4.78 is 0. The molecule has 29 heavy (non-hydrogen) atoms. The van der Waals surface area contributed by atoms with E-state index in [1.165, 1.54) is 0 Å². The van der Waals surface area contributed by atoms with Crippen molar-refractivity contribution in [2.45, 2.75) is 38.3 Å². The fourth-order valence-electron chi connectivity index (χ4n) is 4.34. The van der Waals surface area contributed by atoms with Crippen LogP contribution in [0.4, 0.5) is 4.79 Å². The Kier molecular flexibility index (Phi) is 4.86. The van der Waals surface area contributed by atoms with Crippen molar-refractivity contribution in [3.63, 3.8) is 0 Å². The van der Waals surface area contributed by atoms with E-state index in [1.807, 2.05) is 55.5 Å². The minimum atomic E-state index is -1.04. The number of hydrogen-bond acceptors (Lipinski definition) is 3. The molecule has 0 aromatic heterocycles. The number of carbonyl (C=O) groups is 3. The largest absolute Gasteiger partial charge is 0.340 e. The Morgan fingerprint density at radius 2 is 1.86 bits per heavy atom. The monoisotopic (exact) mass is 391 g/mol. The smallest absolute Gasteiger partial charge is 0.325 e. The Bertz CT molecular complexity index is 987. The third-order valence-corrected chi connectivity index (χ3v) is 6.04. The van der Waals surface area contributed by atoms with Gasteiger partial charge in [-0.1, -0.05) is 48.5 Å². The van der Waals surface area contributed by atoms with E-state index in [0.29, 0.717) is 13.0 Å². The van der Waals surface area contributed by atoms with Gasteiger partial charge >= 0.3 is 6.03 Å². The van der Waals surface area contributed by atoms with Gasteiger partial charge in [-0.25, -0.2) is 4.79 Å². The van der Waals surface area contributed by atoms with Crippen LogP contribution >= 0.6 is 0 Å². The van der Waals surface area contributed by atoms with Crippen molar-refractivity contribution < 1.29 is 14.4 Å². The molecule has 1 N–H and O–H groups in total. The fraction of sp³-hybridized carbons (Fsp3) is 0.348. The van der Waals surface area contributed by atoms with E-state index in [2.05, 4.69) is 5.32 Å². The average Bonchev–Trinajstić information content (AvgIpc) is 2.94. The van der Waals surface area contributed by atoms with Crippen LogP contribution in [0, 0.1) is 6.92 Å². The van der Waals surface area contributed by atoms with Crippen LogP contribution in [0.1, 0.15) is 35.1 Å². The van der Waals surface area contributed by atoms with Crippen molar-refractivity contribution in [3.05, 3.63) is 70.8 Å². The number of nitrogens with zero attached hydrogens (tertiary/aromatic N) is 2. The maximum Gasteiger partial charge on any atom is 0.325 e. The number of imide groups is 1. The molecule has 0 unspecified atom stereocenters. The van der Waals surface area contributed by atoms with Gasteiger partial charge in [0.05, 0.1) is 0 Å². The molecule has 1 aliphatic carbocycles. The highest BCUT2D eigenvalue weighted by atomic mass is 16.2. The summed E-state index contributed by atoms with van der Waals surface area (Å²) in [7, 11) is 1.69. The second-order valence-corrected chi connectivity index (χ2v) is 7.91. The van der Waals surface area contributed by atoms with Gasteiger partial charge in [0, 0.05) is 13.6 Å². The van der Waals surface area contributed by atoms with Crippen LogP contribution in [0.2, 0.25) is 0 Å². The van der Waals surface area contributed by atoms with Gasteiger partial charge in [-0.3, -0.25) is 14.5 Å². The summed E-state index contributed by atoms with van der Waals surface area (Å²) in [6.07, 6.45) is 2.26. The van der Waals surface area contributed by atoms with E-state index in [4.69, 9.17) is 0 Å². The topological polar surface area (TPSA) is 69.7 Å². The van der Waals surface area contributed by atoms with Gasteiger partial charge in [0.25, 0.3) is 5.91 Å². The van der Waals surface area contributed by atoms with Gasteiger partial charge in [0.1, 0.15) is 12.1 Å². The molecule has 6 nitrogen and oxygen atoms in total.